The van der Waals surface area contributed by atoms with Gasteiger partial charge < -0.3 is 24.8 Å². The number of rotatable bonds is 12. The van der Waals surface area contributed by atoms with Gasteiger partial charge in [-0.15, -0.1) is 0 Å². The first-order valence-corrected chi connectivity index (χ1v) is 13.7. The summed E-state index contributed by atoms with van der Waals surface area (Å²) in [6, 6.07) is 14.5. The predicted molar refractivity (Wildman–Crippen MR) is 147 cm³/mol. The Labute approximate surface area is 224 Å². The molecule has 0 bridgehead atoms. The molecule has 2 heterocycles. The number of carbonyl (C=O) groups is 2. The molecule has 38 heavy (non-hydrogen) atoms. The van der Waals surface area contributed by atoms with Gasteiger partial charge in [0.1, 0.15) is 12.4 Å². The quantitative estimate of drug-likeness (QED) is 0.347. The van der Waals surface area contributed by atoms with Gasteiger partial charge in [-0.25, -0.2) is 9.18 Å². The molecule has 0 radical (unpaired) electrons. The van der Waals surface area contributed by atoms with E-state index in [4.69, 9.17) is 4.74 Å². The molecule has 0 atom stereocenters. The number of hydrogen-bond acceptors (Lipinski definition) is 3. The summed E-state index contributed by atoms with van der Waals surface area (Å²) in [5.41, 5.74) is 3.21. The summed E-state index contributed by atoms with van der Waals surface area (Å²) in [5.74, 6) is 0.0527. The second-order valence-corrected chi connectivity index (χ2v) is 10.1. The number of nitrogens with one attached hydrogen (secondary N) is 2. The molecule has 2 N–H and O–H groups in total. The van der Waals surface area contributed by atoms with E-state index < -0.39 is 0 Å². The van der Waals surface area contributed by atoms with Crippen molar-refractivity contribution in [3.63, 3.8) is 0 Å². The Morgan fingerprint density at radius 1 is 1.11 bits per heavy atom. The summed E-state index contributed by atoms with van der Waals surface area (Å²) in [5, 5.41) is 4.15. The fourth-order valence-corrected chi connectivity index (χ4v) is 5.09. The topological polar surface area (TPSA) is 77.7 Å². The van der Waals surface area contributed by atoms with Crippen molar-refractivity contribution in [1.82, 2.24) is 20.1 Å². The standard InChI is InChI=1S/C30H39FN4O3/c1-2-16-34(19-14-25-20-33-28-6-4-3-5-27(25)28)30(37)35-17-12-23(13-18-35)11-15-32-29(36)22-38-21-24-7-9-26(31)10-8-24/h3-10,20,23,33H,2,11-19,21-22H2,1H3,(H,32,36). The summed E-state index contributed by atoms with van der Waals surface area (Å²) in [6.07, 6.45) is 6.62. The second kappa shape index (κ2) is 14.0. The lowest BCUT2D eigenvalue weighted by Crippen LogP contribution is -2.47. The van der Waals surface area contributed by atoms with Crippen molar-refractivity contribution in [3.8, 4) is 0 Å². The van der Waals surface area contributed by atoms with Gasteiger partial charge in [0.2, 0.25) is 5.91 Å². The number of fused-ring (bicyclic) bond motifs is 1. The number of halogens is 1. The SMILES string of the molecule is CCCN(CCc1c[nH]c2ccccc12)C(=O)N1CCC(CCNC(=O)COCc2ccc(F)cc2)CC1. The largest absolute Gasteiger partial charge is 0.367 e. The molecule has 0 aliphatic carbocycles. The van der Waals surface area contributed by atoms with Crippen LogP contribution in [0.4, 0.5) is 9.18 Å². The maximum Gasteiger partial charge on any atom is 0.320 e. The zero-order valence-corrected chi connectivity index (χ0v) is 22.3. The molecule has 8 heteroatoms. The van der Waals surface area contributed by atoms with Gasteiger partial charge in [-0.2, -0.15) is 0 Å². The van der Waals surface area contributed by atoms with Gasteiger partial charge in [0.15, 0.2) is 0 Å². The van der Waals surface area contributed by atoms with Gasteiger partial charge in [-0.05, 0) is 67.3 Å². The Bertz CT molecular complexity index is 1170. The number of aromatic nitrogens is 1. The molecule has 3 amide bonds. The minimum Gasteiger partial charge on any atom is -0.367 e. The monoisotopic (exact) mass is 522 g/mol. The zero-order valence-electron chi connectivity index (χ0n) is 22.3. The molecule has 1 aromatic heterocycles. The third kappa shape index (κ3) is 7.81. The van der Waals surface area contributed by atoms with Crippen LogP contribution in [0.3, 0.4) is 0 Å². The summed E-state index contributed by atoms with van der Waals surface area (Å²) in [7, 11) is 0. The van der Waals surface area contributed by atoms with Crippen molar-refractivity contribution in [2.75, 3.05) is 39.3 Å². The van der Waals surface area contributed by atoms with Crippen LogP contribution in [0.25, 0.3) is 10.9 Å². The van der Waals surface area contributed by atoms with Crippen molar-refractivity contribution in [2.24, 2.45) is 5.92 Å². The first-order valence-electron chi connectivity index (χ1n) is 13.7. The van der Waals surface area contributed by atoms with Crippen LogP contribution in [-0.4, -0.2) is 66.1 Å². The van der Waals surface area contributed by atoms with Gasteiger partial charge in [0, 0.05) is 49.8 Å². The molecule has 1 fully saturated rings. The Hall–Kier alpha value is -3.39. The predicted octanol–water partition coefficient (Wildman–Crippen LogP) is 5.12. The summed E-state index contributed by atoms with van der Waals surface area (Å²) < 4.78 is 18.4. The Morgan fingerprint density at radius 2 is 1.87 bits per heavy atom. The maximum atomic E-state index is 13.3. The van der Waals surface area contributed by atoms with Crippen LogP contribution >= 0.6 is 0 Å². The van der Waals surface area contributed by atoms with Gasteiger partial charge in [-0.1, -0.05) is 37.3 Å². The van der Waals surface area contributed by atoms with Crippen LogP contribution in [0, 0.1) is 11.7 Å². The molecule has 2 aromatic carbocycles. The molecule has 0 spiro atoms. The number of urea groups is 1. The van der Waals surface area contributed by atoms with E-state index in [1.807, 2.05) is 21.9 Å². The number of aromatic amines is 1. The molecule has 1 aliphatic rings. The number of likely N-dealkylation sites (tertiary alicyclic amines) is 1. The van der Waals surface area contributed by atoms with E-state index in [2.05, 4.69) is 35.6 Å². The fourth-order valence-electron chi connectivity index (χ4n) is 5.09. The minimum absolute atomic E-state index is 0.0177. The van der Waals surface area contributed by atoms with E-state index in [-0.39, 0.29) is 31.0 Å². The molecule has 7 nitrogen and oxygen atoms in total. The molecule has 4 rings (SSSR count). The molecule has 204 valence electrons. The van der Waals surface area contributed by atoms with Crippen LogP contribution in [0.15, 0.2) is 54.7 Å². The molecular weight excluding hydrogens is 483 g/mol. The number of amides is 3. The number of carbonyl (C=O) groups excluding carboxylic acids is 2. The van der Waals surface area contributed by atoms with Crippen LogP contribution in [0.2, 0.25) is 0 Å². The molecule has 0 unspecified atom stereocenters. The number of ether oxygens (including phenoxy) is 1. The van der Waals surface area contributed by atoms with Crippen LogP contribution < -0.4 is 5.32 Å². The maximum absolute atomic E-state index is 13.3. The number of H-pyrrole nitrogens is 1. The van der Waals surface area contributed by atoms with E-state index in [0.29, 0.717) is 19.0 Å². The van der Waals surface area contributed by atoms with Crippen molar-refractivity contribution in [3.05, 3.63) is 71.7 Å². The number of nitrogens with zero attached hydrogens (tertiary/aromatic N) is 2. The van der Waals surface area contributed by atoms with E-state index in [9.17, 15) is 14.0 Å². The Kier molecular flexibility index (Phi) is 10.1. The van der Waals surface area contributed by atoms with Gasteiger partial charge in [0.05, 0.1) is 6.61 Å². The van der Waals surface area contributed by atoms with E-state index in [1.165, 1.54) is 23.1 Å². The van der Waals surface area contributed by atoms with Gasteiger partial charge in [0.25, 0.3) is 0 Å². The minimum atomic E-state index is -0.290. The normalized spacial score (nSPS) is 14.1. The Morgan fingerprint density at radius 3 is 2.63 bits per heavy atom. The van der Waals surface area contributed by atoms with E-state index in [1.54, 1.807) is 12.1 Å². The van der Waals surface area contributed by atoms with Crippen LogP contribution in [-0.2, 0) is 22.6 Å². The average Bonchev–Trinajstić information content (AvgIpc) is 3.35. The smallest absolute Gasteiger partial charge is 0.320 e. The molecule has 3 aromatic rings. The van der Waals surface area contributed by atoms with E-state index >= 15 is 0 Å². The van der Waals surface area contributed by atoms with Crippen molar-refractivity contribution < 1.29 is 18.7 Å². The third-order valence-electron chi connectivity index (χ3n) is 7.26. The second-order valence-electron chi connectivity index (χ2n) is 10.1. The number of piperidine rings is 1. The van der Waals surface area contributed by atoms with Gasteiger partial charge >= 0.3 is 6.03 Å². The molecule has 1 saturated heterocycles. The van der Waals surface area contributed by atoms with Crippen molar-refractivity contribution in [1.29, 1.82) is 0 Å². The number of benzene rings is 2. The van der Waals surface area contributed by atoms with Crippen molar-refractivity contribution >= 4 is 22.8 Å². The number of para-hydroxylation sites is 1. The lowest BCUT2D eigenvalue weighted by atomic mass is 9.93. The summed E-state index contributed by atoms with van der Waals surface area (Å²) >= 11 is 0. The summed E-state index contributed by atoms with van der Waals surface area (Å²) in [4.78, 5) is 32.7. The third-order valence-corrected chi connectivity index (χ3v) is 7.26. The van der Waals surface area contributed by atoms with E-state index in [0.717, 1.165) is 62.8 Å². The molecule has 0 saturated carbocycles. The molecule has 1 aliphatic heterocycles. The van der Waals surface area contributed by atoms with Gasteiger partial charge in [-0.3, -0.25) is 4.79 Å². The first-order chi connectivity index (χ1) is 18.5. The molecular formula is C30H39FN4O3. The highest BCUT2D eigenvalue weighted by molar-refractivity contribution is 5.83. The number of hydrogen-bond donors (Lipinski definition) is 2. The lowest BCUT2D eigenvalue weighted by molar-refractivity contribution is -0.126. The van der Waals surface area contributed by atoms with Crippen molar-refractivity contribution in [2.45, 2.75) is 45.6 Å². The average molecular weight is 523 g/mol. The summed E-state index contributed by atoms with van der Waals surface area (Å²) in [6.45, 7) is 5.95. The van der Waals surface area contributed by atoms with Crippen LogP contribution in [0.1, 0.15) is 43.7 Å². The highest BCUT2D eigenvalue weighted by atomic mass is 19.1. The first kappa shape index (κ1) is 27.6. The highest BCUT2D eigenvalue weighted by Crippen LogP contribution is 2.22. The fraction of sp³-hybridized carbons (Fsp3) is 0.467. The lowest BCUT2D eigenvalue weighted by Gasteiger charge is -2.36. The van der Waals surface area contributed by atoms with Crippen LogP contribution in [0.5, 0.6) is 0 Å². The Balaban J connectivity index is 1.14. The highest BCUT2D eigenvalue weighted by Gasteiger charge is 2.26. The zero-order chi connectivity index (χ0) is 26.7.